The van der Waals surface area contributed by atoms with Gasteiger partial charge in [0.05, 0.1) is 9.82 Å². The number of aromatic nitrogens is 2. The number of aromatic amines is 1. The van der Waals surface area contributed by atoms with Crippen molar-refractivity contribution in [1.29, 1.82) is 0 Å². The van der Waals surface area contributed by atoms with Crippen molar-refractivity contribution < 1.29 is 18.1 Å². The van der Waals surface area contributed by atoms with E-state index in [0.717, 1.165) is 48.5 Å². The Morgan fingerprint density at radius 2 is 1.96 bits per heavy atom. The highest BCUT2D eigenvalue weighted by Gasteiger charge is 2.21. The van der Waals surface area contributed by atoms with Crippen molar-refractivity contribution >= 4 is 34.0 Å². The number of carbonyl (C=O) groups is 1. The summed E-state index contributed by atoms with van der Waals surface area (Å²) in [5.74, 6) is -0.384. The van der Waals surface area contributed by atoms with Crippen LogP contribution in [-0.2, 0) is 23.0 Å². The first-order chi connectivity index (χ1) is 12.9. The molecule has 1 aromatic carbocycles. The molecular weight excluding hydrogens is 412 g/mol. The summed E-state index contributed by atoms with van der Waals surface area (Å²) < 4.78 is 26.7. The van der Waals surface area contributed by atoms with Crippen molar-refractivity contribution in [3.05, 3.63) is 51.3 Å². The molecule has 1 amide bonds. The molecule has 11 nitrogen and oxygen atoms in total. The van der Waals surface area contributed by atoms with Crippen LogP contribution in [0.1, 0.15) is 21.7 Å². The smallest absolute Gasteiger partial charge is 0.272 e. The molecule has 0 saturated heterocycles. The van der Waals surface area contributed by atoms with Gasteiger partial charge in [-0.15, -0.1) is 12.4 Å². The van der Waals surface area contributed by atoms with Crippen molar-refractivity contribution in [2.45, 2.75) is 17.9 Å². The Bertz CT molecular complexity index is 960. The zero-order chi connectivity index (χ0) is 19.4. The number of fused-ring (bicyclic) bond motifs is 1. The third kappa shape index (κ3) is 4.84. The molecule has 0 fully saturated rings. The maximum absolute atomic E-state index is 12.2. The molecule has 2 heterocycles. The Hall–Kier alpha value is -2.54. The fraction of sp³-hybridized carbons (Fsp3) is 0.333. The number of nitrogens with one attached hydrogen (secondary N) is 4. The number of hydrogen-bond acceptors (Lipinski definition) is 7. The predicted molar refractivity (Wildman–Crippen MR) is 102 cm³/mol. The third-order valence-electron chi connectivity index (χ3n) is 4.08. The lowest BCUT2D eigenvalue weighted by Crippen LogP contribution is -2.35. The van der Waals surface area contributed by atoms with Gasteiger partial charge in [0.2, 0.25) is 10.0 Å². The van der Waals surface area contributed by atoms with Gasteiger partial charge in [-0.25, -0.2) is 13.1 Å². The molecule has 0 aliphatic carbocycles. The maximum Gasteiger partial charge on any atom is 0.272 e. The van der Waals surface area contributed by atoms with E-state index in [-0.39, 0.29) is 42.0 Å². The van der Waals surface area contributed by atoms with Crippen LogP contribution in [-0.4, -0.2) is 49.1 Å². The zero-order valence-corrected chi connectivity index (χ0v) is 16.2. The van der Waals surface area contributed by atoms with Crippen LogP contribution in [0.3, 0.4) is 0 Å². The molecule has 0 spiro atoms. The van der Waals surface area contributed by atoms with Gasteiger partial charge in [-0.1, -0.05) is 0 Å². The lowest BCUT2D eigenvalue weighted by molar-refractivity contribution is -0.384. The molecule has 1 aromatic heterocycles. The maximum atomic E-state index is 12.2. The van der Waals surface area contributed by atoms with E-state index < -0.39 is 14.9 Å². The minimum atomic E-state index is -3.82. The average Bonchev–Trinajstić information content (AvgIpc) is 3.09. The Labute approximate surface area is 166 Å². The molecule has 0 unspecified atom stereocenters. The van der Waals surface area contributed by atoms with Crippen LogP contribution in [0.2, 0.25) is 0 Å². The number of amides is 1. The molecule has 3 rings (SSSR count). The summed E-state index contributed by atoms with van der Waals surface area (Å²) in [7, 11) is -3.82. The van der Waals surface area contributed by atoms with Crippen LogP contribution in [0.4, 0.5) is 5.69 Å². The number of hydrogen-bond donors (Lipinski definition) is 4. The van der Waals surface area contributed by atoms with E-state index in [1.165, 1.54) is 0 Å². The number of nitro groups is 1. The fourth-order valence-electron chi connectivity index (χ4n) is 2.69. The third-order valence-corrected chi connectivity index (χ3v) is 5.56. The normalized spacial score (nSPS) is 13.3. The molecule has 0 saturated carbocycles. The molecule has 0 atom stereocenters. The minimum absolute atomic E-state index is 0. The zero-order valence-electron chi connectivity index (χ0n) is 14.6. The first-order valence-electron chi connectivity index (χ1n) is 8.17. The second kappa shape index (κ2) is 9.10. The lowest BCUT2D eigenvalue weighted by atomic mass is 10.1. The largest absolute Gasteiger partial charge is 0.349 e. The van der Waals surface area contributed by atoms with E-state index in [1.807, 2.05) is 0 Å². The summed E-state index contributed by atoms with van der Waals surface area (Å²) >= 11 is 0. The van der Waals surface area contributed by atoms with E-state index in [2.05, 4.69) is 25.6 Å². The fourth-order valence-corrected chi connectivity index (χ4v) is 3.72. The highest BCUT2D eigenvalue weighted by atomic mass is 35.5. The summed E-state index contributed by atoms with van der Waals surface area (Å²) in [4.78, 5) is 22.1. The van der Waals surface area contributed by atoms with Crippen LogP contribution in [0.5, 0.6) is 0 Å². The van der Waals surface area contributed by atoms with Gasteiger partial charge in [-0.3, -0.25) is 20.0 Å². The number of rotatable bonds is 7. The van der Waals surface area contributed by atoms with Crippen LogP contribution in [0.25, 0.3) is 0 Å². The van der Waals surface area contributed by atoms with Gasteiger partial charge in [0, 0.05) is 56.0 Å². The number of nitro benzene ring substituents is 1. The number of sulfonamides is 1. The van der Waals surface area contributed by atoms with Crippen molar-refractivity contribution in [2.24, 2.45) is 0 Å². The molecule has 1 aliphatic rings. The van der Waals surface area contributed by atoms with Gasteiger partial charge in [0.1, 0.15) is 0 Å². The van der Waals surface area contributed by atoms with E-state index in [9.17, 15) is 23.3 Å². The first-order valence-corrected chi connectivity index (χ1v) is 9.66. The van der Waals surface area contributed by atoms with Crippen LogP contribution >= 0.6 is 12.4 Å². The Morgan fingerprint density at radius 3 is 2.64 bits per heavy atom. The Morgan fingerprint density at radius 1 is 1.25 bits per heavy atom. The predicted octanol–water partition coefficient (Wildman–Crippen LogP) is 0.0937. The van der Waals surface area contributed by atoms with E-state index >= 15 is 0 Å². The molecule has 1 aliphatic heterocycles. The first kappa shape index (κ1) is 21.8. The van der Waals surface area contributed by atoms with Gasteiger partial charge in [-0.05, 0) is 12.1 Å². The SMILES string of the molecule is Cl.O=C(NCCNS(=O)(=O)c1ccc([N+](=O)[O-])cc1)c1n[nH]c2c1CNCC2. The molecule has 2 aromatic rings. The minimum Gasteiger partial charge on any atom is -0.349 e. The molecule has 28 heavy (non-hydrogen) atoms. The summed E-state index contributed by atoms with van der Waals surface area (Å²) in [6, 6.07) is 4.54. The van der Waals surface area contributed by atoms with Gasteiger partial charge < -0.3 is 10.6 Å². The number of nitrogens with zero attached hydrogens (tertiary/aromatic N) is 2. The highest BCUT2D eigenvalue weighted by molar-refractivity contribution is 7.89. The standard InChI is InChI=1S/C15H18N6O5S.ClH/c22-15(14-12-9-16-6-5-13(12)19-20-14)17-7-8-18-27(25,26)11-3-1-10(2-4-11)21(23)24;/h1-4,16,18H,5-9H2,(H,17,22)(H,19,20);1H. The Kier molecular flexibility index (Phi) is 7.07. The topological polar surface area (TPSA) is 159 Å². The molecule has 0 radical (unpaired) electrons. The Balaban J connectivity index is 0.00000280. The van der Waals surface area contributed by atoms with E-state index in [1.54, 1.807) is 0 Å². The summed E-state index contributed by atoms with van der Waals surface area (Å²) in [5, 5.41) is 23.3. The molecule has 152 valence electrons. The van der Waals surface area contributed by atoms with E-state index in [4.69, 9.17) is 0 Å². The summed E-state index contributed by atoms with van der Waals surface area (Å²) in [5.41, 5.74) is 1.86. The number of H-pyrrole nitrogens is 1. The highest BCUT2D eigenvalue weighted by Crippen LogP contribution is 2.16. The number of benzene rings is 1. The summed E-state index contributed by atoms with van der Waals surface area (Å²) in [6.07, 6.45) is 0.769. The second-order valence-corrected chi connectivity index (χ2v) is 7.63. The van der Waals surface area contributed by atoms with Gasteiger partial charge >= 0.3 is 0 Å². The number of halogens is 1. The van der Waals surface area contributed by atoms with Gasteiger partial charge in [-0.2, -0.15) is 5.10 Å². The number of carbonyl (C=O) groups excluding carboxylic acids is 1. The van der Waals surface area contributed by atoms with Crippen molar-refractivity contribution in [1.82, 2.24) is 25.6 Å². The van der Waals surface area contributed by atoms with Crippen LogP contribution in [0, 0.1) is 10.1 Å². The van der Waals surface area contributed by atoms with Crippen LogP contribution in [0.15, 0.2) is 29.2 Å². The van der Waals surface area contributed by atoms with Gasteiger partial charge in [0.15, 0.2) is 5.69 Å². The molecular formula is C15H19ClN6O5S. The quantitative estimate of drug-likeness (QED) is 0.275. The second-order valence-electron chi connectivity index (χ2n) is 5.86. The van der Waals surface area contributed by atoms with Crippen molar-refractivity contribution in [3.8, 4) is 0 Å². The molecule has 0 bridgehead atoms. The van der Waals surface area contributed by atoms with Crippen LogP contribution < -0.4 is 15.4 Å². The van der Waals surface area contributed by atoms with Gasteiger partial charge in [0.25, 0.3) is 11.6 Å². The monoisotopic (exact) mass is 430 g/mol. The molecule has 13 heteroatoms. The van der Waals surface area contributed by atoms with Crippen molar-refractivity contribution in [2.75, 3.05) is 19.6 Å². The molecule has 4 N–H and O–H groups in total. The van der Waals surface area contributed by atoms with Crippen molar-refractivity contribution in [3.63, 3.8) is 0 Å². The summed E-state index contributed by atoms with van der Waals surface area (Å²) in [6.45, 7) is 1.41. The average molecular weight is 431 g/mol. The number of non-ortho nitro benzene ring substituents is 1. The van der Waals surface area contributed by atoms with E-state index in [0.29, 0.717) is 12.2 Å². The lowest BCUT2D eigenvalue weighted by Gasteiger charge is -2.13.